The molecule has 1 aliphatic rings. The first kappa shape index (κ1) is 11.6. The molecule has 0 aliphatic carbocycles. The number of hydrogen-bond acceptors (Lipinski definition) is 6. The highest BCUT2D eigenvalue weighted by molar-refractivity contribution is 5.46. The molecule has 0 aromatic carbocycles. The van der Waals surface area contributed by atoms with Crippen LogP contribution in [-0.2, 0) is 4.74 Å². The summed E-state index contributed by atoms with van der Waals surface area (Å²) in [6, 6.07) is 2.25. The quantitative estimate of drug-likeness (QED) is 0.780. The van der Waals surface area contributed by atoms with Crippen molar-refractivity contribution in [3.63, 3.8) is 0 Å². The molecule has 2 unspecified atom stereocenters. The summed E-state index contributed by atoms with van der Waals surface area (Å²) in [6.07, 6.45) is 2.41. The lowest BCUT2D eigenvalue weighted by atomic mass is 9.96. The van der Waals surface area contributed by atoms with Crippen LogP contribution in [0.2, 0.25) is 0 Å². The van der Waals surface area contributed by atoms with Gasteiger partial charge in [-0.2, -0.15) is 10.2 Å². The summed E-state index contributed by atoms with van der Waals surface area (Å²) in [5.41, 5.74) is 6.45. The second-order valence-corrected chi connectivity index (χ2v) is 4.11. The van der Waals surface area contributed by atoms with Crippen LogP contribution in [0.4, 0.5) is 11.8 Å². The van der Waals surface area contributed by atoms with E-state index in [-0.39, 0.29) is 17.9 Å². The molecule has 2 atom stereocenters. The van der Waals surface area contributed by atoms with Crippen molar-refractivity contribution in [2.24, 2.45) is 5.92 Å². The lowest BCUT2D eigenvalue weighted by molar-refractivity contribution is 0.0698. The van der Waals surface area contributed by atoms with Crippen molar-refractivity contribution in [2.45, 2.75) is 19.4 Å². The number of nitrogens with two attached hydrogens (primary N) is 1. The zero-order chi connectivity index (χ0) is 12.3. The Morgan fingerprint density at radius 2 is 2.47 bits per heavy atom. The minimum Gasteiger partial charge on any atom is -0.379 e. The maximum atomic E-state index is 9.06. The summed E-state index contributed by atoms with van der Waals surface area (Å²) in [7, 11) is 0. The summed E-state index contributed by atoms with van der Waals surface area (Å²) in [5, 5.41) is 12.3. The van der Waals surface area contributed by atoms with Crippen LogP contribution in [0.25, 0.3) is 0 Å². The molecule has 1 aromatic rings. The largest absolute Gasteiger partial charge is 0.379 e. The van der Waals surface area contributed by atoms with Crippen LogP contribution < -0.4 is 11.1 Å². The molecule has 0 saturated carbocycles. The van der Waals surface area contributed by atoms with E-state index >= 15 is 0 Å². The van der Waals surface area contributed by atoms with Crippen LogP contribution in [0, 0.1) is 24.2 Å². The molecule has 0 radical (unpaired) electrons. The van der Waals surface area contributed by atoms with Crippen molar-refractivity contribution in [3.05, 3.63) is 11.8 Å². The van der Waals surface area contributed by atoms with Crippen LogP contribution in [0.15, 0.2) is 6.20 Å². The lowest BCUT2D eigenvalue weighted by Gasteiger charge is -2.28. The topological polar surface area (TPSA) is 96.8 Å². The number of hydrogen-bond donors (Lipinski definition) is 2. The molecule has 3 N–H and O–H groups in total. The molecule has 0 bridgehead atoms. The highest BCUT2D eigenvalue weighted by Crippen LogP contribution is 2.20. The van der Waals surface area contributed by atoms with Crippen LogP contribution in [0.1, 0.15) is 12.0 Å². The van der Waals surface area contributed by atoms with Crippen LogP contribution in [0.5, 0.6) is 0 Å². The van der Waals surface area contributed by atoms with E-state index in [4.69, 9.17) is 15.7 Å². The fraction of sp³-hybridized carbons (Fsp3) is 0.545. The molecule has 90 valence electrons. The minimum atomic E-state index is -0.0562. The monoisotopic (exact) mass is 233 g/mol. The summed E-state index contributed by atoms with van der Waals surface area (Å²) in [6.45, 7) is 3.05. The number of nitrogens with one attached hydrogen (secondary N) is 1. The van der Waals surface area contributed by atoms with Gasteiger partial charge in [0.05, 0.1) is 24.6 Å². The molecule has 2 rings (SSSR count). The Kier molecular flexibility index (Phi) is 3.40. The third-order valence-electron chi connectivity index (χ3n) is 2.83. The zero-order valence-electron chi connectivity index (χ0n) is 9.68. The van der Waals surface area contributed by atoms with Crippen molar-refractivity contribution in [2.75, 3.05) is 24.3 Å². The molecule has 2 heterocycles. The highest BCUT2D eigenvalue weighted by Gasteiger charge is 2.26. The molecule has 1 aromatic heterocycles. The first-order chi connectivity index (χ1) is 8.20. The van der Waals surface area contributed by atoms with Crippen molar-refractivity contribution >= 4 is 11.8 Å². The van der Waals surface area contributed by atoms with Gasteiger partial charge in [-0.15, -0.1) is 0 Å². The van der Waals surface area contributed by atoms with Crippen LogP contribution in [-0.4, -0.2) is 29.2 Å². The summed E-state index contributed by atoms with van der Waals surface area (Å²) >= 11 is 0. The number of rotatable bonds is 2. The third kappa shape index (κ3) is 2.63. The average molecular weight is 233 g/mol. The Hall–Kier alpha value is -1.87. The number of ether oxygens (including phenoxy) is 1. The highest BCUT2D eigenvalue weighted by atomic mass is 16.5. The van der Waals surface area contributed by atoms with Gasteiger partial charge in [0, 0.05) is 18.4 Å². The Morgan fingerprint density at radius 1 is 1.65 bits per heavy atom. The Bertz CT molecular complexity index is 442. The van der Waals surface area contributed by atoms with Crippen LogP contribution >= 0.6 is 0 Å². The second-order valence-electron chi connectivity index (χ2n) is 4.11. The molecular weight excluding hydrogens is 218 g/mol. The molecule has 0 spiro atoms. The first-order valence-corrected chi connectivity index (χ1v) is 5.53. The Morgan fingerprint density at radius 3 is 3.24 bits per heavy atom. The summed E-state index contributed by atoms with van der Waals surface area (Å²) in [4.78, 5) is 8.03. The van der Waals surface area contributed by atoms with Crippen molar-refractivity contribution < 1.29 is 4.74 Å². The van der Waals surface area contributed by atoms with E-state index in [1.165, 1.54) is 0 Å². The van der Waals surface area contributed by atoms with Gasteiger partial charge in [0.15, 0.2) is 0 Å². The van der Waals surface area contributed by atoms with E-state index in [9.17, 15) is 0 Å². The van der Waals surface area contributed by atoms with Crippen molar-refractivity contribution in [1.29, 1.82) is 5.26 Å². The Labute approximate surface area is 99.8 Å². The number of nitriles is 1. The van der Waals surface area contributed by atoms with Crippen molar-refractivity contribution in [3.8, 4) is 6.07 Å². The molecule has 1 saturated heterocycles. The van der Waals surface area contributed by atoms with Gasteiger partial charge in [-0.05, 0) is 13.3 Å². The van der Waals surface area contributed by atoms with E-state index in [1.54, 1.807) is 6.20 Å². The summed E-state index contributed by atoms with van der Waals surface area (Å²) < 4.78 is 5.37. The van der Waals surface area contributed by atoms with Crippen LogP contribution in [0.3, 0.4) is 0 Å². The van der Waals surface area contributed by atoms with E-state index in [0.717, 1.165) is 12.0 Å². The molecule has 6 nitrogen and oxygen atoms in total. The molecule has 1 aliphatic heterocycles. The van der Waals surface area contributed by atoms with Gasteiger partial charge in [0.25, 0.3) is 0 Å². The molecular formula is C11H15N5O. The van der Waals surface area contributed by atoms with Gasteiger partial charge >= 0.3 is 0 Å². The fourth-order valence-electron chi connectivity index (χ4n) is 1.81. The smallest absolute Gasteiger partial charge is 0.221 e. The van der Waals surface area contributed by atoms with E-state index in [2.05, 4.69) is 21.4 Å². The van der Waals surface area contributed by atoms with E-state index in [0.29, 0.717) is 19.0 Å². The predicted octanol–water partition coefficient (Wildman–Crippen LogP) is 0.708. The molecule has 17 heavy (non-hydrogen) atoms. The van der Waals surface area contributed by atoms with Crippen molar-refractivity contribution in [1.82, 2.24) is 9.97 Å². The molecule has 0 amide bonds. The number of aromatic nitrogens is 2. The molecule has 6 heteroatoms. The summed E-state index contributed by atoms with van der Waals surface area (Å²) in [5.74, 6) is 0.843. The third-order valence-corrected chi connectivity index (χ3v) is 2.83. The number of anilines is 2. The average Bonchev–Trinajstić information content (AvgIpc) is 2.34. The maximum Gasteiger partial charge on any atom is 0.221 e. The second kappa shape index (κ2) is 4.97. The molecule has 1 fully saturated rings. The SMILES string of the molecule is Cc1cnc(N)nc1NC1COCCC1C#N. The van der Waals surface area contributed by atoms with E-state index in [1.807, 2.05) is 6.92 Å². The lowest BCUT2D eigenvalue weighted by Crippen LogP contribution is -2.38. The van der Waals surface area contributed by atoms with Gasteiger partial charge in [-0.25, -0.2) is 4.98 Å². The minimum absolute atomic E-state index is 0.0400. The number of nitrogens with zero attached hydrogens (tertiary/aromatic N) is 3. The normalized spacial score (nSPS) is 24.0. The predicted molar refractivity (Wildman–Crippen MR) is 63.1 cm³/mol. The van der Waals surface area contributed by atoms with E-state index < -0.39 is 0 Å². The fourth-order valence-corrected chi connectivity index (χ4v) is 1.81. The van der Waals surface area contributed by atoms with Gasteiger partial charge in [0.1, 0.15) is 5.82 Å². The Balaban J connectivity index is 2.14. The van der Waals surface area contributed by atoms with Gasteiger partial charge in [-0.3, -0.25) is 0 Å². The van der Waals surface area contributed by atoms with Gasteiger partial charge < -0.3 is 15.8 Å². The number of nitrogen functional groups attached to an aromatic ring is 1. The van der Waals surface area contributed by atoms with Gasteiger partial charge in [0.2, 0.25) is 5.95 Å². The maximum absolute atomic E-state index is 9.06. The zero-order valence-corrected chi connectivity index (χ0v) is 9.68. The number of aryl methyl sites for hydroxylation is 1. The first-order valence-electron chi connectivity index (χ1n) is 5.53. The standard InChI is InChI=1S/C11H15N5O/c1-7-5-14-11(13)16-10(7)15-9-6-17-3-2-8(9)4-12/h5,8-9H,2-3,6H2,1H3,(H3,13,14,15,16). The van der Waals surface area contributed by atoms with Gasteiger partial charge in [-0.1, -0.05) is 0 Å².